The minimum absolute atomic E-state index is 0. The van der Waals surface area contributed by atoms with E-state index in [2.05, 4.69) is 15.2 Å². The number of benzene rings is 1. The average molecular weight is 479 g/mol. The van der Waals surface area contributed by atoms with Gasteiger partial charge in [0.1, 0.15) is 10.0 Å². The molecule has 1 aliphatic heterocycles. The zero-order valence-corrected chi connectivity index (χ0v) is 18.7. The van der Waals surface area contributed by atoms with E-state index in [9.17, 15) is 8.42 Å². The van der Waals surface area contributed by atoms with E-state index < -0.39 is 9.84 Å². The molecule has 10 heteroatoms. The summed E-state index contributed by atoms with van der Waals surface area (Å²) >= 11 is 13.2. The van der Waals surface area contributed by atoms with E-state index in [0.29, 0.717) is 5.02 Å². The van der Waals surface area contributed by atoms with Crippen molar-refractivity contribution < 1.29 is 8.42 Å². The summed E-state index contributed by atoms with van der Waals surface area (Å²) in [5.74, 6) is 0.836. The van der Waals surface area contributed by atoms with Crippen molar-refractivity contribution in [2.24, 2.45) is 0 Å². The molecule has 0 amide bonds. The molecule has 1 N–H and O–H groups in total. The molecule has 4 rings (SSSR count). The lowest BCUT2D eigenvalue weighted by molar-refractivity contribution is 0.598. The quantitative estimate of drug-likeness (QED) is 0.593. The summed E-state index contributed by atoms with van der Waals surface area (Å²) in [4.78, 5) is 6.89. The van der Waals surface area contributed by atoms with E-state index >= 15 is 0 Å². The van der Waals surface area contributed by atoms with Crippen LogP contribution in [0.1, 0.15) is 6.42 Å². The molecule has 2 aromatic heterocycles. The van der Waals surface area contributed by atoms with Gasteiger partial charge in [-0.15, -0.1) is 23.7 Å². The van der Waals surface area contributed by atoms with Gasteiger partial charge in [-0.3, -0.25) is 0 Å². The fourth-order valence-electron chi connectivity index (χ4n) is 3.13. The third-order valence-electron chi connectivity index (χ3n) is 4.51. The first-order chi connectivity index (χ1) is 13.0. The number of aromatic nitrogens is 1. The Morgan fingerprint density at radius 1 is 1.07 bits per heavy atom. The van der Waals surface area contributed by atoms with Crippen LogP contribution in [0.15, 0.2) is 45.6 Å². The Morgan fingerprint density at radius 2 is 1.89 bits per heavy atom. The normalized spacial score (nSPS) is 15.3. The molecule has 0 spiro atoms. The first-order valence-corrected chi connectivity index (χ1v) is 11.6. The maximum absolute atomic E-state index is 13.1. The standard InChI is InChI=1S/C18H17Cl2N3O2S2.ClH/c19-14-3-2-12(10-15(14)20)27(24,25)17-11-13-16(26-17)4-6-22-18(13)23-8-1-5-21-7-9-23;/h2-4,6,10-11,21H,1,5,7-9H2;1H. The van der Waals surface area contributed by atoms with Crippen LogP contribution in [-0.2, 0) is 9.84 Å². The van der Waals surface area contributed by atoms with Gasteiger partial charge in [0.25, 0.3) is 0 Å². The molecule has 1 aromatic carbocycles. The Balaban J connectivity index is 0.00000225. The molecule has 0 radical (unpaired) electrons. The van der Waals surface area contributed by atoms with Gasteiger partial charge < -0.3 is 10.2 Å². The summed E-state index contributed by atoms with van der Waals surface area (Å²) in [6, 6.07) is 7.95. The summed E-state index contributed by atoms with van der Waals surface area (Å²) in [6.45, 7) is 3.60. The van der Waals surface area contributed by atoms with Gasteiger partial charge in [0.05, 0.1) is 14.9 Å². The number of thiophene rings is 1. The molecule has 150 valence electrons. The number of hydrogen-bond acceptors (Lipinski definition) is 6. The van der Waals surface area contributed by atoms with Gasteiger partial charge in [0, 0.05) is 35.9 Å². The minimum Gasteiger partial charge on any atom is -0.355 e. The van der Waals surface area contributed by atoms with Gasteiger partial charge in [-0.1, -0.05) is 23.2 Å². The molecule has 28 heavy (non-hydrogen) atoms. The molecule has 3 aromatic rings. The Bertz CT molecular complexity index is 1090. The number of anilines is 1. The zero-order valence-electron chi connectivity index (χ0n) is 14.7. The van der Waals surface area contributed by atoms with E-state index in [1.807, 2.05) is 6.07 Å². The highest BCUT2D eigenvalue weighted by Gasteiger charge is 2.24. The zero-order chi connectivity index (χ0) is 19.0. The lowest BCUT2D eigenvalue weighted by atomic mass is 10.3. The van der Waals surface area contributed by atoms with Crippen molar-refractivity contribution in [3.63, 3.8) is 0 Å². The fourth-order valence-corrected chi connectivity index (χ4v) is 6.30. The molecule has 1 fully saturated rings. The molecule has 1 saturated heterocycles. The Kier molecular flexibility index (Phi) is 6.74. The van der Waals surface area contributed by atoms with Crippen LogP contribution in [0.25, 0.3) is 10.1 Å². The van der Waals surface area contributed by atoms with Gasteiger partial charge in [-0.25, -0.2) is 13.4 Å². The number of fused-ring (bicyclic) bond motifs is 1. The minimum atomic E-state index is -3.68. The summed E-state index contributed by atoms with van der Waals surface area (Å²) in [5, 5.41) is 4.78. The smallest absolute Gasteiger partial charge is 0.216 e. The molecule has 0 bridgehead atoms. The summed E-state index contributed by atoms with van der Waals surface area (Å²) in [7, 11) is -3.68. The van der Waals surface area contributed by atoms with Crippen molar-refractivity contribution in [2.45, 2.75) is 15.5 Å². The van der Waals surface area contributed by atoms with Crippen LogP contribution in [-0.4, -0.2) is 39.6 Å². The number of rotatable bonds is 3. The van der Waals surface area contributed by atoms with Crippen LogP contribution in [0, 0.1) is 0 Å². The Morgan fingerprint density at radius 3 is 2.68 bits per heavy atom. The van der Waals surface area contributed by atoms with Crippen LogP contribution >= 0.6 is 46.9 Å². The summed E-state index contributed by atoms with van der Waals surface area (Å²) < 4.78 is 27.3. The number of hydrogen-bond donors (Lipinski definition) is 1. The highest BCUT2D eigenvalue weighted by Crippen LogP contribution is 2.37. The van der Waals surface area contributed by atoms with Crippen LogP contribution in [0.4, 0.5) is 5.82 Å². The third kappa shape index (κ3) is 4.10. The first kappa shape index (κ1) is 21.6. The van der Waals surface area contributed by atoms with Crippen molar-refractivity contribution in [1.82, 2.24) is 10.3 Å². The van der Waals surface area contributed by atoms with E-state index in [-0.39, 0.29) is 26.5 Å². The highest BCUT2D eigenvalue weighted by atomic mass is 35.5. The first-order valence-electron chi connectivity index (χ1n) is 8.51. The molecule has 0 saturated carbocycles. The van der Waals surface area contributed by atoms with Gasteiger partial charge in [-0.2, -0.15) is 0 Å². The molecular weight excluding hydrogens is 461 g/mol. The number of nitrogens with zero attached hydrogens (tertiary/aromatic N) is 2. The van der Waals surface area contributed by atoms with Crippen molar-refractivity contribution in [3.8, 4) is 0 Å². The topological polar surface area (TPSA) is 62.3 Å². The molecule has 0 unspecified atom stereocenters. The SMILES string of the molecule is Cl.O=S(=O)(c1ccc(Cl)c(Cl)c1)c1cc2c(N3CCCNCC3)nccc2s1. The molecule has 0 atom stereocenters. The van der Waals surface area contributed by atoms with Crippen LogP contribution in [0.5, 0.6) is 0 Å². The van der Waals surface area contributed by atoms with Crippen molar-refractivity contribution in [2.75, 3.05) is 31.1 Å². The lowest BCUT2D eigenvalue weighted by Crippen LogP contribution is -2.28. The fraction of sp³-hybridized carbons (Fsp3) is 0.278. The van der Waals surface area contributed by atoms with Gasteiger partial charge in [0.2, 0.25) is 9.84 Å². The largest absolute Gasteiger partial charge is 0.355 e. The molecule has 0 aliphatic carbocycles. The molecule has 5 nitrogen and oxygen atoms in total. The lowest BCUT2D eigenvalue weighted by Gasteiger charge is -2.21. The molecular formula is C18H18Cl3N3O2S2. The van der Waals surface area contributed by atoms with Crippen molar-refractivity contribution in [1.29, 1.82) is 0 Å². The Labute approximate surface area is 184 Å². The second kappa shape index (κ2) is 8.73. The highest BCUT2D eigenvalue weighted by molar-refractivity contribution is 7.93. The molecule has 3 heterocycles. The van der Waals surface area contributed by atoms with E-state index in [0.717, 1.165) is 48.5 Å². The van der Waals surface area contributed by atoms with Crippen molar-refractivity contribution in [3.05, 3.63) is 46.6 Å². The number of nitrogens with one attached hydrogen (secondary N) is 1. The van der Waals surface area contributed by atoms with Crippen LogP contribution in [0.2, 0.25) is 10.0 Å². The number of pyridine rings is 1. The second-order valence-electron chi connectivity index (χ2n) is 6.28. The van der Waals surface area contributed by atoms with Crippen LogP contribution < -0.4 is 10.2 Å². The van der Waals surface area contributed by atoms with Gasteiger partial charge in [-0.05, 0) is 43.3 Å². The van der Waals surface area contributed by atoms with Gasteiger partial charge >= 0.3 is 0 Å². The predicted molar refractivity (Wildman–Crippen MR) is 118 cm³/mol. The number of sulfone groups is 1. The summed E-state index contributed by atoms with van der Waals surface area (Å²) in [5.41, 5.74) is 0. The predicted octanol–water partition coefficient (Wildman–Crippen LogP) is 4.66. The van der Waals surface area contributed by atoms with Crippen molar-refractivity contribution >= 4 is 72.7 Å². The average Bonchev–Trinajstić information content (AvgIpc) is 2.92. The van der Waals surface area contributed by atoms with E-state index in [1.54, 1.807) is 12.3 Å². The maximum Gasteiger partial charge on any atom is 0.216 e. The third-order valence-corrected chi connectivity index (χ3v) is 8.57. The number of halogens is 3. The Hall–Kier alpha value is -1.09. The summed E-state index contributed by atoms with van der Waals surface area (Å²) in [6.07, 6.45) is 2.76. The van der Waals surface area contributed by atoms with E-state index in [1.165, 1.54) is 29.5 Å². The second-order valence-corrected chi connectivity index (χ2v) is 10.4. The molecule has 1 aliphatic rings. The van der Waals surface area contributed by atoms with Gasteiger partial charge in [0.15, 0.2) is 0 Å². The maximum atomic E-state index is 13.1. The monoisotopic (exact) mass is 477 g/mol. The van der Waals surface area contributed by atoms with Crippen LogP contribution in [0.3, 0.4) is 0 Å². The van der Waals surface area contributed by atoms with E-state index in [4.69, 9.17) is 23.2 Å².